The number of Topliss-reactive ketones (excluding diaryl/α,β-unsaturated/α-hetero) is 1. The van der Waals surface area contributed by atoms with Crippen molar-refractivity contribution in [1.82, 2.24) is 0 Å². The first kappa shape index (κ1) is 13.4. The SMILES string of the molecule is CCC(=O)c1ccccc1C(=O)[O-].[Na+]. The molecule has 0 saturated carbocycles. The van der Waals surface area contributed by atoms with Crippen LogP contribution in [0.15, 0.2) is 24.3 Å². The zero-order valence-corrected chi connectivity index (χ0v) is 10.2. The molecular weight excluding hydrogens is 191 g/mol. The van der Waals surface area contributed by atoms with Crippen molar-refractivity contribution in [2.75, 3.05) is 0 Å². The molecule has 0 fully saturated rings. The number of rotatable bonds is 3. The van der Waals surface area contributed by atoms with Crippen LogP contribution < -0.4 is 34.7 Å². The second kappa shape index (κ2) is 5.96. The molecule has 0 heterocycles. The molecule has 1 aromatic rings. The molecule has 1 aromatic carbocycles. The molecule has 0 spiro atoms. The van der Waals surface area contributed by atoms with Gasteiger partial charge in [0.15, 0.2) is 5.78 Å². The van der Waals surface area contributed by atoms with Crippen molar-refractivity contribution in [3.63, 3.8) is 0 Å². The molecule has 0 radical (unpaired) electrons. The van der Waals surface area contributed by atoms with E-state index in [1.54, 1.807) is 19.1 Å². The van der Waals surface area contributed by atoms with Gasteiger partial charge in [-0.3, -0.25) is 4.79 Å². The Balaban J connectivity index is 0.00000169. The van der Waals surface area contributed by atoms with Gasteiger partial charge in [-0.2, -0.15) is 0 Å². The molecule has 0 unspecified atom stereocenters. The summed E-state index contributed by atoms with van der Waals surface area (Å²) in [7, 11) is 0. The van der Waals surface area contributed by atoms with E-state index in [9.17, 15) is 14.7 Å². The first-order valence-corrected chi connectivity index (χ1v) is 4.00. The maximum absolute atomic E-state index is 11.2. The van der Waals surface area contributed by atoms with E-state index in [1.165, 1.54) is 12.1 Å². The van der Waals surface area contributed by atoms with E-state index in [4.69, 9.17) is 0 Å². The van der Waals surface area contributed by atoms with Crippen molar-refractivity contribution >= 4 is 11.8 Å². The Labute approximate surface area is 104 Å². The summed E-state index contributed by atoms with van der Waals surface area (Å²) in [6, 6.07) is 6.07. The van der Waals surface area contributed by atoms with E-state index in [2.05, 4.69) is 0 Å². The van der Waals surface area contributed by atoms with E-state index in [-0.39, 0.29) is 46.5 Å². The second-order valence-electron chi connectivity index (χ2n) is 2.61. The molecule has 3 nitrogen and oxygen atoms in total. The predicted octanol–water partition coefficient (Wildman–Crippen LogP) is -2.35. The van der Waals surface area contributed by atoms with Crippen LogP contribution >= 0.6 is 0 Å². The Morgan fingerprint density at radius 1 is 1.21 bits per heavy atom. The average molecular weight is 200 g/mol. The van der Waals surface area contributed by atoms with Crippen LogP contribution in [0.3, 0.4) is 0 Å². The number of carbonyl (C=O) groups is 2. The zero-order chi connectivity index (χ0) is 9.84. The van der Waals surface area contributed by atoms with Gasteiger partial charge in [-0.1, -0.05) is 31.2 Å². The fourth-order valence-corrected chi connectivity index (χ4v) is 1.09. The minimum absolute atomic E-state index is 0. The van der Waals surface area contributed by atoms with Crippen molar-refractivity contribution < 1.29 is 44.3 Å². The van der Waals surface area contributed by atoms with E-state index in [1.807, 2.05) is 0 Å². The number of carboxylic acid groups (broad SMARTS) is 1. The third-order valence-electron chi connectivity index (χ3n) is 1.77. The van der Waals surface area contributed by atoms with Gasteiger partial charge in [0.1, 0.15) is 0 Å². The van der Waals surface area contributed by atoms with Crippen LogP contribution in [0.2, 0.25) is 0 Å². The topological polar surface area (TPSA) is 57.2 Å². The molecule has 0 aliphatic heterocycles. The second-order valence-corrected chi connectivity index (χ2v) is 2.61. The number of aromatic carboxylic acids is 1. The van der Waals surface area contributed by atoms with Gasteiger partial charge in [0.05, 0.1) is 5.97 Å². The molecule has 1 rings (SSSR count). The maximum Gasteiger partial charge on any atom is 1.00 e. The van der Waals surface area contributed by atoms with Crippen LogP contribution in [0.1, 0.15) is 34.1 Å². The van der Waals surface area contributed by atoms with Gasteiger partial charge < -0.3 is 9.90 Å². The summed E-state index contributed by atoms with van der Waals surface area (Å²) in [6.07, 6.45) is 0.296. The summed E-state index contributed by atoms with van der Waals surface area (Å²) in [4.78, 5) is 21.8. The summed E-state index contributed by atoms with van der Waals surface area (Å²) < 4.78 is 0. The molecule has 0 N–H and O–H groups in total. The van der Waals surface area contributed by atoms with Crippen LogP contribution in [-0.2, 0) is 0 Å². The van der Waals surface area contributed by atoms with Crippen LogP contribution in [0.25, 0.3) is 0 Å². The molecule has 0 saturated heterocycles. The van der Waals surface area contributed by atoms with Crippen LogP contribution in [0.4, 0.5) is 0 Å². The van der Waals surface area contributed by atoms with Crippen LogP contribution in [0.5, 0.6) is 0 Å². The molecule has 0 aliphatic carbocycles. The number of hydrogen-bond donors (Lipinski definition) is 0. The number of carboxylic acids is 1. The molecule has 0 bridgehead atoms. The quantitative estimate of drug-likeness (QED) is 0.405. The monoisotopic (exact) mass is 200 g/mol. The van der Waals surface area contributed by atoms with E-state index < -0.39 is 5.97 Å². The van der Waals surface area contributed by atoms with Gasteiger partial charge in [-0.15, -0.1) is 0 Å². The first-order valence-electron chi connectivity index (χ1n) is 4.00. The first-order chi connectivity index (χ1) is 6.16. The Hall–Kier alpha value is -0.640. The normalized spacial score (nSPS) is 8.93. The zero-order valence-electron chi connectivity index (χ0n) is 8.24. The minimum atomic E-state index is -1.31. The third kappa shape index (κ3) is 2.94. The maximum atomic E-state index is 11.2. The standard InChI is InChI=1S/C10H10O3.Na/c1-2-9(11)7-5-3-4-6-8(7)10(12)13;/h3-6H,2H2,1H3,(H,12,13);/q;+1/p-1. The Kier molecular flexibility index (Phi) is 5.69. The van der Waals surface area contributed by atoms with Crippen molar-refractivity contribution in [3.05, 3.63) is 35.4 Å². The molecule has 68 valence electrons. The van der Waals surface area contributed by atoms with Crippen molar-refractivity contribution in [3.8, 4) is 0 Å². The number of benzene rings is 1. The van der Waals surface area contributed by atoms with Crippen molar-refractivity contribution in [2.24, 2.45) is 0 Å². The summed E-state index contributed by atoms with van der Waals surface area (Å²) in [5, 5.41) is 10.6. The number of carbonyl (C=O) groups excluding carboxylic acids is 2. The van der Waals surface area contributed by atoms with Crippen molar-refractivity contribution in [1.29, 1.82) is 0 Å². The van der Waals surface area contributed by atoms with Crippen LogP contribution in [0, 0.1) is 0 Å². The number of hydrogen-bond acceptors (Lipinski definition) is 3. The van der Waals surface area contributed by atoms with E-state index in [0.29, 0.717) is 6.42 Å². The smallest absolute Gasteiger partial charge is 0.545 e. The van der Waals surface area contributed by atoms with Gasteiger partial charge in [0, 0.05) is 17.5 Å². The summed E-state index contributed by atoms with van der Waals surface area (Å²) in [5.41, 5.74) is 0.194. The summed E-state index contributed by atoms with van der Waals surface area (Å²) >= 11 is 0. The largest absolute Gasteiger partial charge is 1.00 e. The Morgan fingerprint density at radius 3 is 2.14 bits per heavy atom. The molecule has 0 aromatic heterocycles. The van der Waals surface area contributed by atoms with Gasteiger partial charge in [-0.25, -0.2) is 0 Å². The van der Waals surface area contributed by atoms with Gasteiger partial charge in [0.2, 0.25) is 0 Å². The van der Waals surface area contributed by atoms with E-state index >= 15 is 0 Å². The summed E-state index contributed by atoms with van der Waals surface area (Å²) in [6.45, 7) is 1.69. The minimum Gasteiger partial charge on any atom is -0.545 e. The molecule has 14 heavy (non-hydrogen) atoms. The van der Waals surface area contributed by atoms with Gasteiger partial charge in [-0.05, 0) is 0 Å². The van der Waals surface area contributed by atoms with E-state index in [0.717, 1.165) is 0 Å². The van der Waals surface area contributed by atoms with Crippen molar-refractivity contribution in [2.45, 2.75) is 13.3 Å². The average Bonchev–Trinajstić information content (AvgIpc) is 2.16. The summed E-state index contributed by atoms with van der Waals surface area (Å²) in [5.74, 6) is -1.49. The molecular formula is C10H9NaO3. The fourth-order valence-electron chi connectivity index (χ4n) is 1.09. The van der Waals surface area contributed by atoms with Gasteiger partial charge in [0.25, 0.3) is 0 Å². The Morgan fingerprint density at radius 2 is 1.71 bits per heavy atom. The molecule has 4 heteroatoms. The number of ketones is 1. The third-order valence-corrected chi connectivity index (χ3v) is 1.77. The fraction of sp³-hybridized carbons (Fsp3) is 0.200. The Bertz CT molecular complexity index is 347. The van der Waals surface area contributed by atoms with Gasteiger partial charge >= 0.3 is 29.6 Å². The molecule has 0 atom stereocenters. The molecule has 0 aliphatic rings. The predicted molar refractivity (Wildman–Crippen MR) is 45.4 cm³/mol. The van der Waals surface area contributed by atoms with Crippen LogP contribution in [-0.4, -0.2) is 11.8 Å². The molecule has 0 amide bonds.